The Bertz CT molecular complexity index is 672. The van der Waals surface area contributed by atoms with E-state index >= 15 is 0 Å². The van der Waals surface area contributed by atoms with E-state index in [1.54, 1.807) is 25.3 Å². The number of nitrogens with zero attached hydrogens (tertiary/aromatic N) is 1. The highest BCUT2D eigenvalue weighted by Crippen LogP contribution is 2.28. The summed E-state index contributed by atoms with van der Waals surface area (Å²) >= 11 is 0. The highest BCUT2D eigenvalue weighted by atomic mass is 16.6. The molecule has 0 atom stereocenters. The Morgan fingerprint density at radius 1 is 1.17 bits per heavy atom. The molecule has 6 nitrogen and oxygen atoms in total. The first kappa shape index (κ1) is 16.4. The number of nitrogens with two attached hydrogens (primary N) is 1. The summed E-state index contributed by atoms with van der Waals surface area (Å²) < 4.78 is 11.1. The number of ether oxygens (including phenoxy) is 2. The van der Waals surface area contributed by atoms with Crippen molar-refractivity contribution < 1.29 is 19.1 Å². The number of rotatable bonds is 8. The number of carbonyl (C=O) groups excluding carboxylic acids is 1. The summed E-state index contributed by atoms with van der Waals surface area (Å²) in [6.45, 7) is 0.193. The topological polar surface area (TPSA) is 83.1 Å². The minimum atomic E-state index is -0.579. The van der Waals surface area contributed by atoms with Crippen molar-refractivity contribution in [3.8, 4) is 11.5 Å². The van der Waals surface area contributed by atoms with Crippen LogP contribution in [-0.4, -0.2) is 25.8 Å². The number of methoxy groups -OCH3 is 1. The Hall–Kier alpha value is -3.02. The van der Waals surface area contributed by atoms with Crippen LogP contribution in [0.25, 0.3) is 0 Å². The zero-order chi connectivity index (χ0) is 16.5. The molecule has 0 aliphatic heterocycles. The molecular weight excluding hydrogens is 296 g/mol. The second kappa shape index (κ2) is 8.43. The summed E-state index contributed by atoms with van der Waals surface area (Å²) in [5.41, 5.74) is 6.76. The Morgan fingerprint density at radius 2 is 1.96 bits per heavy atom. The summed E-state index contributed by atoms with van der Waals surface area (Å²) in [7, 11) is 1.56. The SMILES string of the molecule is COc1cc(/C=N\OCC(N)=O)ccc1OCc1ccccc1. The Kier molecular flexibility index (Phi) is 5.99. The summed E-state index contributed by atoms with van der Waals surface area (Å²) in [6.07, 6.45) is 1.46. The quantitative estimate of drug-likeness (QED) is 0.597. The van der Waals surface area contributed by atoms with Crippen molar-refractivity contribution in [2.75, 3.05) is 13.7 Å². The lowest BCUT2D eigenvalue weighted by Crippen LogP contribution is -2.16. The minimum Gasteiger partial charge on any atom is -0.493 e. The number of oxime groups is 1. The average Bonchev–Trinajstić information content (AvgIpc) is 2.58. The standard InChI is InChI=1S/C17H18N2O4/c1-21-16-9-14(10-19-23-12-17(18)20)7-8-15(16)22-11-13-5-3-2-4-6-13/h2-10H,11-12H2,1H3,(H2,18,20)/b19-10-. The number of amides is 1. The van der Waals surface area contributed by atoms with Crippen LogP contribution in [0.1, 0.15) is 11.1 Å². The van der Waals surface area contributed by atoms with Gasteiger partial charge < -0.3 is 20.0 Å². The molecule has 0 unspecified atom stereocenters. The molecule has 2 rings (SSSR count). The number of primary amides is 1. The molecule has 0 aliphatic carbocycles. The van der Waals surface area contributed by atoms with Gasteiger partial charge in [-0.3, -0.25) is 4.79 Å². The van der Waals surface area contributed by atoms with Gasteiger partial charge in [0.05, 0.1) is 13.3 Å². The van der Waals surface area contributed by atoms with Crippen LogP contribution in [0.4, 0.5) is 0 Å². The molecule has 0 heterocycles. The maximum absolute atomic E-state index is 10.5. The van der Waals surface area contributed by atoms with E-state index < -0.39 is 5.91 Å². The third-order valence-corrected chi connectivity index (χ3v) is 2.91. The molecule has 2 aromatic carbocycles. The predicted octanol–water partition coefficient (Wildman–Crippen LogP) is 2.11. The van der Waals surface area contributed by atoms with Crippen molar-refractivity contribution >= 4 is 12.1 Å². The minimum absolute atomic E-state index is 0.258. The molecule has 0 aliphatic rings. The highest BCUT2D eigenvalue weighted by Gasteiger charge is 2.05. The fraction of sp³-hybridized carbons (Fsp3) is 0.176. The van der Waals surface area contributed by atoms with Crippen LogP contribution in [0.15, 0.2) is 53.7 Å². The molecule has 0 saturated carbocycles. The molecular formula is C17H18N2O4. The molecule has 0 saturated heterocycles. The van der Waals surface area contributed by atoms with Crippen molar-refractivity contribution in [1.82, 2.24) is 0 Å². The van der Waals surface area contributed by atoms with Crippen molar-refractivity contribution in [3.63, 3.8) is 0 Å². The first-order chi connectivity index (χ1) is 11.2. The van der Waals surface area contributed by atoms with Crippen LogP contribution in [-0.2, 0) is 16.2 Å². The normalized spacial score (nSPS) is 10.5. The molecule has 6 heteroatoms. The molecule has 0 aromatic heterocycles. The molecule has 1 amide bonds. The van der Waals surface area contributed by atoms with E-state index in [1.165, 1.54) is 6.21 Å². The molecule has 120 valence electrons. The number of benzene rings is 2. The highest BCUT2D eigenvalue weighted by molar-refractivity contribution is 5.80. The van der Waals surface area contributed by atoms with E-state index in [0.717, 1.165) is 11.1 Å². The summed E-state index contributed by atoms with van der Waals surface area (Å²) in [4.78, 5) is 15.3. The summed E-state index contributed by atoms with van der Waals surface area (Å²) in [6, 6.07) is 15.2. The number of carbonyl (C=O) groups is 1. The van der Waals surface area contributed by atoms with Crippen LogP contribution in [0, 0.1) is 0 Å². The van der Waals surface area contributed by atoms with Crippen molar-refractivity contribution in [2.45, 2.75) is 6.61 Å². The van der Waals surface area contributed by atoms with Crippen LogP contribution in [0.3, 0.4) is 0 Å². The van der Waals surface area contributed by atoms with Gasteiger partial charge >= 0.3 is 0 Å². The lowest BCUT2D eigenvalue weighted by molar-refractivity contribution is -0.122. The van der Waals surface area contributed by atoms with Crippen molar-refractivity contribution in [1.29, 1.82) is 0 Å². The Balaban J connectivity index is 2.00. The molecule has 2 aromatic rings. The van der Waals surface area contributed by atoms with Crippen LogP contribution >= 0.6 is 0 Å². The fourth-order valence-electron chi connectivity index (χ4n) is 1.82. The third kappa shape index (κ3) is 5.35. The molecule has 23 heavy (non-hydrogen) atoms. The first-order valence-electron chi connectivity index (χ1n) is 6.97. The second-order valence-corrected chi connectivity index (χ2v) is 4.66. The smallest absolute Gasteiger partial charge is 0.258 e. The zero-order valence-corrected chi connectivity index (χ0v) is 12.8. The molecule has 0 fully saturated rings. The number of hydrogen-bond acceptors (Lipinski definition) is 5. The van der Waals surface area contributed by atoms with Gasteiger partial charge in [0.15, 0.2) is 18.1 Å². The van der Waals surface area contributed by atoms with E-state index in [4.69, 9.17) is 20.0 Å². The predicted molar refractivity (Wildman–Crippen MR) is 86.5 cm³/mol. The average molecular weight is 314 g/mol. The Labute approximate surface area is 134 Å². The monoisotopic (exact) mass is 314 g/mol. The fourth-order valence-corrected chi connectivity index (χ4v) is 1.82. The maximum Gasteiger partial charge on any atom is 0.258 e. The van der Waals surface area contributed by atoms with Gasteiger partial charge in [-0.05, 0) is 23.8 Å². The molecule has 0 spiro atoms. The van der Waals surface area contributed by atoms with Gasteiger partial charge in [0, 0.05) is 5.56 Å². The van der Waals surface area contributed by atoms with E-state index in [2.05, 4.69) is 5.16 Å². The van der Waals surface area contributed by atoms with Gasteiger partial charge in [-0.25, -0.2) is 0 Å². The molecule has 2 N–H and O–H groups in total. The lowest BCUT2D eigenvalue weighted by atomic mass is 10.2. The van der Waals surface area contributed by atoms with E-state index in [0.29, 0.717) is 18.1 Å². The van der Waals surface area contributed by atoms with Gasteiger partial charge in [-0.2, -0.15) is 0 Å². The van der Waals surface area contributed by atoms with Gasteiger partial charge in [-0.1, -0.05) is 35.5 Å². The third-order valence-electron chi connectivity index (χ3n) is 2.91. The van der Waals surface area contributed by atoms with Gasteiger partial charge in [-0.15, -0.1) is 0 Å². The maximum atomic E-state index is 10.5. The zero-order valence-electron chi connectivity index (χ0n) is 12.8. The van der Waals surface area contributed by atoms with E-state index in [-0.39, 0.29) is 6.61 Å². The Morgan fingerprint density at radius 3 is 2.65 bits per heavy atom. The largest absolute Gasteiger partial charge is 0.493 e. The van der Waals surface area contributed by atoms with Gasteiger partial charge in [0.25, 0.3) is 5.91 Å². The van der Waals surface area contributed by atoms with E-state index in [1.807, 2.05) is 30.3 Å². The summed E-state index contributed by atoms with van der Waals surface area (Å²) in [5, 5.41) is 3.66. The number of hydrogen-bond donors (Lipinski definition) is 1. The van der Waals surface area contributed by atoms with Gasteiger partial charge in [0.1, 0.15) is 6.61 Å². The van der Waals surface area contributed by atoms with Gasteiger partial charge in [0.2, 0.25) is 0 Å². The molecule has 0 bridgehead atoms. The van der Waals surface area contributed by atoms with Crippen molar-refractivity contribution in [2.24, 2.45) is 10.9 Å². The van der Waals surface area contributed by atoms with E-state index in [9.17, 15) is 4.79 Å². The van der Waals surface area contributed by atoms with Crippen LogP contribution in [0.2, 0.25) is 0 Å². The summed E-state index contributed by atoms with van der Waals surface area (Å²) in [5.74, 6) is 0.635. The van der Waals surface area contributed by atoms with Crippen LogP contribution in [0.5, 0.6) is 11.5 Å². The molecule has 0 radical (unpaired) electrons. The first-order valence-corrected chi connectivity index (χ1v) is 6.97. The van der Waals surface area contributed by atoms with Crippen molar-refractivity contribution in [3.05, 3.63) is 59.7 Å². The second-order valence-electron chi connectivity index (χ2n) is 4.66. The lowest BCUT2D eigenvalue weighted by Gasteiger charge is -2.11. The van der Waals surface area contributed by atoms with Crippen LogP contribution < -0.4 is 15.2 Å².